The summed E-state index contributed by atoms with van der Waals surface area (Å²) in [5.41, 5.74) is 7.55. The van der Waals surface area contributed by atoms with E-state index in [1.807, 2.05) is 31.0 Å². The monoisotopic (exact) mass is 280 g/mol. The molecule has 0 radical (unpaired) electrons. The second kappa shape index (κ2) is 5.93. The van der Waals surface area contributed by atoms with E-state index >= 15 is 0 Å². The maximum absolute atomic E-state index is 12.4. The molecule has 0 heterocycles. The van der Waals surface area contributed by atoms with E-state index in [-0.39, 0.29) is 5.91 Å². The van der Waals surface area contributed by atoms with Crippen LogP contribution >= 0.6 is 11.6 Å². The van der Waals surface area contributed by atoms with E-state index in [0.717, 1.165) is 31.2 Å². The summed E-state index contributed by atoms with van der Waals surface area (Å²) < 4.78 is 0. The molecule has 0 atom stereocenters. The quantitative estimate of drug-likeness (QED) is 0.905. The molecule has 0 aromatic heterocycles. The molecule has 1 amide bonds. The Balaban J connectivity index is 2.08. The first-order valence-corrected chi connectivity index (χ1v) is 7.15. The summed E-state index contributed by atoms with van der Waals surface area (Å²) in [6.07, 6.45) is 3.97. The molecule has 1 saturated carbocycles. The van der Waals surface area contributed by atoms with Gasteiger partial charge in [-0.2, -0.15) is 0 Å². The van der Waals surface area contributed by atoms with Gasteiger partial charge in [-0.15, -0.1) is 0 Å². The van der Waals surface area contributed by atoms with Crippen molar-refractivity contribution in [2.24, 2.45) is 5.73 Å². The van der Waals surface area contributed by atoms with Gasteiger partial charge in [0.05, 0.1) is 0 Å². The first kappa shape index (κ1) is 14.4. The largest absolute Gasteiger partial charge is 0.339 e. The Morgan fingerprint density at radius 2 is 1.95 bits per heavy atom. The average molecular weight is 281 g/mol. The van der Waals surface area contributed by atoms with Gasteiger partial charge < -0.3 is 10.6 Å². The standard InChI is InChI=1S/C15H21ClN2O/c1-10-3-4-11(9-14(10)16)15(19)18(2)13-7-5-12(17)6-8-13/h3-4,9,12-13H,5-8,17H2,1-2H3. The summed E-state index contributed by atoms with van der Waals surface area (Å²) in [6.45, 7) is 1.93. The fourth-order valence-electron chi connectivity index (χ4n) is 2.58. The van der Waals surface area contributed by atoms with Gasteiger partial charge in [-0.3, -0.25) is 4.79 Å². The highest BCUT2D eigenvalue weighted by atomic mass is 35.5. The Hall–Kier alpha value is -1.06. The van der Waals surface area contributed by atoms with Gasteiger partial charge in [-0.05, 0) is 50.3 Å². The minimum Gasteiger partial charge on any atom is -0.339 e. The third kappa shape index (κ3) is 3.28. The van der Waals surface area contributed by atoms with Crippen molar-refractivity contribution in [1.82, 2.24) is 4.90 Å². The van der Waals surface area contributed by atoms with Crippen LogP contribution in [-0.4, -0.2) is 29.9 Å². The van der Waals surface area contributed by atoms with Crippen LogP contribution in [0.5, 0.6) is 0 Å². The van der Waals surface area contributed by atoms with Crippen LogP contribution in [-0.2, 0) is 0 Å². The molecule has 4 heteroatoms. The third-order valence-corrected chi connectivity index (χ3v) is 4.44. The van der Waals surface area contributed by atoms with Crippen LogP contribution in [0.2, 0.25) is 5.02 Å². The van der Waals surface area contributed by atoms with Gasteiger partial charge in [0.25, 0.3) is 5.91 Å². The molecule has 104 valence electrons. The topological polar surface area (TPSA) is 46.3 Å². The molecular formula is C15H21ClN2O. The first-order chi connectivity index (χ1) is 8.99. The minimum absolute atomic E-state index is 0.0439. The Labute approximate surface area is 119 Å². The molecule has 1 aliphatic carbocycles. The van der Waals surface area contributed by atoms with E-state index < -0.39 is 0 Å². The van der Waals surface area contributed by atoms with Crippen molar-refractivity contribution in [2.45, 2.75) is 44.7 Å². The molecular weight excluding hydrogens is 260 g/mol. The summed E-state index contributed by atoms with van der Waals surface area (Å²) in [6, 6.07) is 6.08. The molecule has 0 saturated heterocycles. The van der Waals surface area contributed by atoms with E-state index in [2.05, 4.69) is 0 Å². The molecule has 1 aromatic rings. The lowest BCUT2D eigenvalue weighted by Gasteiger charge is -2.33. The van der Waals surface area contributed by atoms with Gasteiger partial charge in [-0.25, -0.2) is 0 Å². The number of nitrogens with zero attached hydrogens (tertiary/aromatic N) is 1. The summed E-state index contributed by atoms with van der Waals surface area (Å²) in [7, 11) is 1.87. The molecule has 3 nitrogen and oxygen atoms in total. The zero-order valence-corrected chi connectivity index (χ0v) is 12.3. The second-order valence-electron chi connectivity index (χ2n) is 5.45. The number of hydrogen-bond acceptors (Lipinski definition) is 2. The Bertz CT molecular complexity index is 467. The molecule has 1 aromatic carbocycles. The van der Waals surface area contributed by atoms with Gasteiger partial charge in [0.2, 0.25) is 0 Å². The van der Waals surface area contributed by atoms with Gasteiger partial charge in [0, 0.05) is 29.7 Å². The van der Waals surface area contributed by atoms with Crippen molar-refractivity contribution >= 4 is 17.5 Å². The molecule has 0 spiro atoms. The number of rotatable bonds is 2. The molecule has 1 fully saturated rings. The SMILES string of the molecule is Cc1ccc(C(=O)N(C)C2CCC(N)CC2)cc1Cl. The average Bonchev–Trinajstić information content (AvgIpc) is 2.41. The van der Waals surface area contributed by atoms with Crippen molar-refractivity contribution in [3.8, 4) is 0 Å². The number of benzene rings is 1. The van der Waals surface area contributed by atoms with Gasteiger partial charge >= 0.3 is 0 Å². The summed E-state index contributed by atoms with van der Waals surface area (Å²) >= 11 is 6.08. The highest BCUT2D eigenvalue weighted by molar-refractivity contribution is 6.31. The van der Waals surface area contributed by atoms with E-state index in [0.29, 0.717) is 22.7 Å². The second-order valence-corrected chi connectivity index (χ2v) is 5.86. The van der Waals surface area contributed by atoms with Crippen LogP contribution in [0.1, 0.15) is 41.6 Å². The maximum atomic E-state index is 12.4. The van der Waals surface area contributed by atoms with Crippen LogP contribution in [0.4, 0.5) is 0 Å². The van der Waals surface area contributed by atoms with Crippen molar-refractivity contribution in [3.05, 3.63) is 34.3 Å². The molecule has 0 unspecified atom stereocenters. The van der Waals surface area contributed by atoms with Crippen molar-refractivity contribution < 1.29 is 4.79 Å². The summed E-state index contributed by atoms with van der Waals surface area (Å²) in [5.74, 6) is 0.0439. The fourth-order valence-corrected chi connectivity index (χ4v) is 2.76. The highest BCUT2D eigenvalue weighted by Gasteiger charge is 2.25. The highest BCUT2D eigenvalue weighted by Crippen LogP contribution is 2.24. The molecule has 2 N–H and O–H groups in total. The van der Waals surface area contributed by atoms with Crippen LogP contribution < -0.4 is 5.73 Å². The van der Waals surface area contributed by atoms with Crippen molar-refractivity contribution in [1.29, 1.82) is 0 Å². The lowest BCUT2D eigenvalue weighted by atomic mass is 9.90. The number of nitrogens with two attached hydrogens (primary N) is 1. The van der Waals surface area contributed by atoms with Gasteiger partial charge in [-0.1, -0.05) is 17.7 Å². The predicted molar refractivity (Wildman–Crippen MR) is 78.5 cm³/mol. The van der Waals surface area contributed by atoms with Crippen LogP contribution in [0.15, 0.2) is 18.2 Å². The Morgan fingerprint density at radius 3 is 2.53 bits per heavy atom. The first-order valence-electron chi connectivity index (χ1n) is 6.78. The zero-order valence-electron chi connectivity index (χ0n) is 11.5. The summed E-state index contributed by atoms with van der Waals surface area (Å²) in [5, 5.41) is 0.643. The Morgan fingerprint density at radius 1 is 1.32 bits per heavy atom. The van der Waals surface area contributed by atoms with Gasteiger partial charge in [0.1, 0.15) is 0 Å². The zero-order chi connectivity index (χ0) is 14.0. The molecule has 2 rings (SSSR count). The van der Waals surface area contributed by atoms with E-state index in [9.17, 15) is 4.79 Å². The number of hydrogen-bond donors (Lipinski definition) is 1. The predicted octanol–water partition coefficient (Wildman–Crippen LogP) is 2.99. The van der Waals surface area contributed by atoms with Crippen molar-refractivity contribution in [2.75, 3.05) is 7.05 Å². The van der Waals surface area contributed by atoms with Crippen LogP contribution in [0, 0.1) is 6.92 Å². The van der Waals surface area contributed by atoms with Crippen molar-refractivity contribution in [3.63, 3.8) is 0 Å². The third-order valence-electron chi connectivity index (χ3n) is 4.03. The maximum Gasteiger partial charge on any atom is 0.253 e. The normalized spacial score (nSPS) is 23.2. The number of carbonyl (C=O) groups is 1. The molecule has 1 aliphatic rings. The molecule has 0 aliphatic heterocycles. The lowest BCUT2D eigenvalue weighted by Crippen LogP contribution is -2.41. The summed E-state index contributed by atoms with van der Waals surface area (Å²) in [4.78, 5) is 14.3. The molecule has 19 heavy (non-hydrogen) atoms. The van der Waals surface area contributed by atoms with E-state index in [1.165, 1.54) is 0 Å². The number of aryl methyl sites for hydroxylation is 1. The fraction of sp³-hybridized carbons (Fsp3) is 0.533. The lowest BCUT2D eigenvalue weighted by molar-refractivity contribution is 0.0690. The minimum atomic E-state index is 0.0439. The van der Waals surface area contributed by atoms with Crippen LogP contribution in [0.3, 0.4) is 0 Å². The van der Waals surface area contributed by atoms with E-state index in [1.54, 1.807) is 6.07 Å². The number of carbonyl (C=O) groups excluding carboxylic acids is 1. The Kier molecular flexibility index (Phi) is 4.48. The number of halogens is 1. The number of amides is 1. The van der Waals surface area contributed by atoms with E-state index in [4.69, 9.17) is 17.3 Å². The smallest absolute Gasteiger partial charge is 0.253 e. The van der Waals surface area contributed by atoms with Gasteiger partial charge in [0.15, 0.2) is 0 Å². The molecule has 0 bridgehead atoms. The van der Waals surface area contributed by atoms with Crippen LogP contribution in [0.25, 0.3) is 0 Å².